The fourth-order valence-corrected chi connectivity index (χ4v) is 1.58. The molecule has 0 aliphatic rings. The Morgan fingerprint density at radius 1 is 1.50 bits per heavy atom. The van der Waals surface area contributed by atoms with Gasteiger partial charge in [0.1, 0.15) is 17.5 Å². The third-order valence-electron chi connectivity index (χ3n) is 2.66. The fraction of sp³-hybridized carbons (Fsp3) is 0.417. The lowest BCUT2D eigenvalue weighted by atomic mass is 10.2. The quantitative estimate of drug-likeness (QED) is 0.852. The number of H-pyrrole nitrogens is 1. The van der Waals surface area contributed by atoms with Crippen molar-refractivity contribution in [3.8, 4) is 0 Å². The normalized spacial score (nSPS) is 10.9. The van der Waals surface area contributed by atoms with Crippen molar-refractivity contribution in [1.29, 1.82) is 0 Å². The van der Waals surface area contributed by atoms with E-state index in [2.05, 4.69) is 20.3 Å². The summed E-state index contributed by atoms with van der Waals surface area (Å²) in [4.78, 5) is 22.8. The first-order valence-electron chi connectivity index (χ1n) is 5.87. The number of rotatable bonds is 4. The molecule has 18 heavy (non-hydrogen) atoms. The number of hydrogen-bond acceptors (Lipinski definition) is 4. The summed E-state index contributed by atoms with van der Waals surface area (Å²) in [7, 11) is 1.93. The molecule has 6 heteroatoms. The average molecular weight is 247 g/mol. The molecule has 2 heterocycles. The Hall–Kier alpha value is -2.11. The lowest BCUT2D eigenvalue weighted by molar-refractivity contribution is 0.762. The molecule has 0 aliphatic carbocycles. The molecule has 0 spiro atoms. The van der Waals surface area contributed by atoms with Crippen molar-refractivity contribution in [2.24, 2.45) is 7.05 Å². The molecule has 0 unspecified atom stereocenters. The Kier molecular flexibility index (Phi) is 3.45. The third-order valence-corrected chi connectivity index (χ3v) is 2.66. The second-order valence-electron chi connectivity index (χ2n) is 4.48. The van der Waals surface area contributed by atoms with E-state index in [1.165, 1.54) is 6.07 Å². The molecule has 2 aromatic rings. The molecule has 0 bridgehead atoms. The highest BCUT2D eigenvalue weighted by atomic mass is 16.1. The van der Waals surface area contributed by atoms with Gasteiger partial charge in [0, 0.05) is 31.4 Å². The van der Waals surface area contributed by atoms with Crippen LogP contribution in [0.2, 0.25) is 0 Å². The summed E-state index contributed by atoms with van der Waals surface area (Å²) in [6, 6.07) is 1.45. The molecule has 2 N–H and O–H groups in total. The molecule has 0 saturated carbocycles. The Bertz CT molecular complexity index is 584. The van der Waals surface area contributed by atoms with Gasteiger partial charge >= 0.3 is 0 Å². The molecular weight excluding hydrogens is 230 g/mol. The number of hydrogen-bond donors (Lipinski definition) is 2. The van der Waals surface area contributed by atoms with Gasteiger partial charge in [0.25, 0.3) is 5.56 Å². The highest BCUT2D eigenvalue weighted by molar-refractivity contribution is 5.33. The van der Waals surface area contributed by atoms with Crippen molar-refractivity contribution < 1.29 is 0 Å². The number of nitrogens with zero attached hydrogens (tertiary/aromatic N) is 3. The van der Waals surface area contributed by atoms with Crippen molar-refractivity contribution in [2.75, 3.05) is 5.32 Å². The molecule has 0 aliphatic heterocycles. The number of aryl methyl sites for hydroxylation is 1. The summed E-state index contributed by atoms with van der Waals surface area (Å²) in [5.74, 6) is 2.34. The number of imidazole rings is 1. The summed E-state index contributed by atoms with van der Waals surface area (Å²) >= 11 is 0. The molecule has 0 saturated heterocycles. The monoisotopic (exact) mass is 247 g/mol. The van der Waals surface area contributed by atoms with Crippen LogP contribution in [0.4, 0.5) is 5.82 Å². The topological polar surface area (TPSA) is 75.6 Å². The number of aromatic amines is 1. The van der Waals surface area contributed by atoms with Gasteiger partial charge in [-0.05, 0) is 0 Å². The van der Waals surface area contributed by atoms with E-state index in [0.717, 1.165) is 5.82 Å². The van der Waals surface area contributed by atoms with Crippen LogP contribution in [-0.4, -0.2) is 19.5 Å². The molecule has 0 radical (unpaired) electrons. The molecule has 6 nitrogen and oxygen atoms in total. The van der Waals surface area contributed by atoms with Crippen LogP contribution in [0.5, 0.6) is 0 Å². The first-order valence-corrected chi connectivity index (χ1v) is 5.87. The van der Waals surface area contributed by atoms with Crippen LogP contribution in [0.3, 0.4) is 0 Å². The van der Waals surface area contributed by atoms with Crippen LogP contribution in [-0.2, 0) is 13.6 Å². The average Bonchev–Trinajstić information content (AvgIpc) is 2.71. The van der Waals surface area contributed by atoms with E-state index in [9.17, 15) is 4.79 Å². The van der Waals surface area contributed by atoms with Crippen molar-refractivity contribution in [2.45, 2.75) is 26.3 Å². The summed E-state index contributed by atoms with van der Waals surface area (Å²) in [6.45, 7) is 4.51. The van der Waals surface area contributed by atoms with Crippen LogP contribution in [0.25, 0.3) is 0 Å². The third kappa shape index (κ3) is 2.77. The van der Waals surface area contributed by atoms with Gasteiger partial charge in [-0.1, -0.05) is 13.8 Å². The largest absolute Gasteiger partial charge is 0.363 e. The number of anilines is 1. The second-order valence-corrected chi connectivity index (χ2v) is 4.48. The lowest BCUT2D eigenvalue weighted by Crippen LogP contribution is -2.15. The van der Waals surface area contributed by atoms with Crippen LogP contribution >= 0.6 is 0 Å². The van der Waals surface area contributed by atoms with Crippen molar-refractivity contribution in [3.63, 3.8) is 0 Å². The summed E-state index contributed by atoms with van der Waals surface area (Å²) in [5, 5.41) is 3.11. The summed E-state index contributed by atoms with van der Waals surface area (Å²) in [5.41, 5.74) is -0.143. The zero-order valence-corrected chi connectivity index (χ0v) is 10.8. The van der Waals surface area contributed by atoms with Crippen LogP contribution < -0.4 is 10.9 Å². The Morgan fingerprint density at radius 2 is 2.28 bits per heavy atom. The first kappa shape index (κ1) is 12.3. The first-order chi connectivity index (χ1) is 8.56. The minimum Gasteiger partial charge on any atom is -0.363 e. The van der Waals surface area contributed by atoms with Crippen LogP contribution in [0.15, 0.2) is 23.3 Å². The zero-order valence-electron chi connectivity index (χ0n) is 10.8. The minimum atomic E-state index is -0.143. The van der Waals surface area contributed by atoms with Crippen LogP contribution in [0, 0.1) is 0 Å². The highest BCUT2D eigenvalue weighted by Crippen LogP contribution is 2.09. The molecule has 2 aromatic heterocycles. The Morgan fingerprint density at radius 3 is 2.89 bits per heavy atom. The van der Waals surface area contributed by atoms with Crippen molar-refractivity contribution in [3.05, 3.63) is 40.5 Å². The lowest BCUT2D eigenvalue weighted by Gasteiger charge is -2.08. The predicted octanol–water partition coefficient (Wildman–Crippen LogP) is 1.24. The maximum absolute atomic E-state index is 11.5. The molecule has 0 atom stereocenters. The van der Waals surface area contributed by atoms with Gasteiger partial charge in [-0.2, -0.15) is 0 Å². The SMILES string of the molecule is CC(C)c1nc(NCc2nccn2C)cc(=O)[nH]1. The van der Waals surface area contributed by atoms with Gasteiger partial charge in [0.05, 0.1) is 6.54 Å². The maximum atomic E-state index is 11.5. The van der Waals surface area contributed by atoms with Gasteiger partial charge in [-0.25, -0.2) is 9.97 Å². The molecule has 0 fully saturated rings. The molecular formula is C12H17N5O. The highest BCUT2D eigenvalue weighted by Gasteiger charge is 2.06. The van der Waals surface area contributed by atoms with Crippen molar-refractivity contribution >= 4 is 5.82 Å². The Labute approximate surface area is 105 Å². The standard InChI is InChI=1S/C12H17N5O/c1-8(2)12-15-9(6-11(18)16-12)14-7-10-13-4-5-17(10)3/h4-6,8H,7H2,1-3H3,(H2,14,15,16,18). The molecule has 0 amide bonds. The molecule has 96 valence electrons. The van der Waals surface area contributed by atoms with E-state index in [0.29, 0.717) is 18.2 Å². The minimum absolute atomic E-state index is 0.143. The summed E-state index contributed by atoms with van der Waals surface area (Å²) < 4.78 is 1.92. The van der Waals surface area contributed by atoms with Crippen molar-refractivity contribution in [1.82, 2.24) is 19.5 Å². The smallest absolute Gasteiger partial charge is 0.252 e. The van der Waals surface area contributed by atoms with E-state index >= 15 is 0 Å². The predicted molar refractivity (Wildman–Crippen MR) is 69.5 cm³/mol. The molecule has 0 aromatic carbocycles. The van der Waals surface area contributed by atoms with Gasteiger partial charge in [0.2, 0.25) is 0 Å². The molecule has 2 rings (SSSR count). The Balaban J connectivity index is 2.14. The van der Waals surface area contributed by atoms with Gasteiger partial charge in [-0.15, -0.1) is 0 Å². The van der Waals surface area contributed by atoms with Gasteiger partial charge in [0.15, 0.2) is 0 Å². The van der Waals surface area contributed by atoms with E-state index in [-0.39, 0.29) is 11.5 Å². The number of nitrogens with one attached hydrogen (secondary N) is 2. The van der Waals surface area contributed by atoms with E-state index in [1.54, 1.807) is 6.20 Å². The maximum Gasteiger partial charge on any atom is 0.252 e. The zero-order chi connectivity index (χ0) is 13.1. The second kappa shape index (κ2) is 5.03. The van der Waals surface area contributed by atoms with E-state index in [1.807, 2.05) is 31.7 Å². The fourth-order valence-electron chi connectivity index (χ4n) is 1.58. The van der Waals surface area contributed by atoms with Gasteiger partial charge in [-0.3, -0.25) is 4.79 Å². The number of aromatic nitrogens is 4. The van der Waals surface area contributed by atoms with Crippen LogP contribution in [0.1, 0.15) is 31.4 Å². The van der Waals surface area contributed by atoms with E-state index < -0.39 is 0 Å². The van der Waals surface area contributed by atoms with Gasteiger partial charge < -0.3 is 14.9 Å². The van der Waals surface area contributed by atoms with E-state index in [4.69, 9.17) is 0 Å². The summed E-state index contributed by atoms with van der Waals surface area (Å²) in [6.07, 6.45) is 3.61.